The maximum atomic E-state index is 10.4. The van der Waals surface area contributed by atoms with E-state index in [1.54, 1.807) is 12.2 Å². The standard InChI is InChI=1S/C7H8O3/c1-2-6-3-4-9-7(8)10-5-6/h2-4,6H,1,5H2. The van der Waals surface area contributed by atoms with E-state index in [2.05, 4.69) is 16.1 Å². The molecule has 1 rings (SSSR count). The Kier molecular flexibility index (Phi) is 2.10. The molecule has 0 aromatic carbocycles. The first kappa shape index (κ1) is 6.86. The molecule has 0 amide bonds. The number of carbonyl (C=O) groups excluding carboxylic acids is 1. The second-order valence-electron chi connectivity index (χ2n) is 1.91. The maximum absolute atomic E-state index is 10.4. The van der Waals surface area contributed by atoms with E-state index in [0.717, 1.165) is 0 Å². The first-order valence-corrected chi connectivity index (χ1v) is 2.95. The summed E-state index contributed by atoms with van der Waals surface area (Å²) < 4.78 is 9.06. The summed E-state index contributed by atoms with van der Waals surface area (Å²) >= 11 is 0. The van der Waals surface area contributed by atoms with Gasteiger partial charge in [0.15, 0.2) is 0 Å². The van der Waals surface area contributed by atoms with Crippen LogP contribution in [0.2, 0.25) is 0 Å². The third-order valence-electron chi connectivity index (χ3n) is 1.19. The van der Waals surface area contributed by atoms with E-state index in [-0.39, 0.29) is 5.92 Å². The Bertz CT molecular complexity index is 172. The van der Waals surface area contributed by atoms with Crippen molar-refractivity contribution in [3.8, 4) is 0 Å². The molecule has 3 nitrogen and oxygen atoms in total. The molecule has 0 N–H and O–H groups in total. The number of hydrogen-bond donors (Lipinski definition) is 0. The molecule has 1 atom stereocenters. The Hall–Kier alpha value is -1.25. The van der Waals surface area contributed by atoms with Crippen LogP contribution in [-0.4, -0.2) is 12.8 Å². The summed E-state index contributed by atoms with van der Waals surface area (Å²) in [7, 11) is 0. The van der Waals surface area contributed by atoms with Crippen LogP contribution in [0.4, 0.5) is 4.79 Å². The minimum atomic E-state index is -0.652. The number of cyclic esters (lactones) is 2. The Balaban J connectivity index is 2.53. The summed E-state index contributed by atoms with van der Waals surface area (Å²) in [6.07, 6.45) is 4.08. The van der Waals surface area contributed by atoms with Gasteiger partial charge in [-0.05, 0) is 6.08 Å². The zero-order chi connectivity index (χ0) is 7.40. The van der Waals surface area contributed by atoms with Gasteiger partial charge in [0.05, 0.1) is 6.26 Å². The van der Waals surface area contributed by atoms with Gasteiger partial charge in [0, 0.05) is 5.92 Å². The van der Waals surface area contributed by atoms with Gasteiger partial charge in [0.25, 0.3) is 0 Å². The number of hydrogen-bond acceptors (Lipinski definition) is 3. The predicted octanol–water partition coefficient (Wildman–Crippen LogP) is 1.47. The number of rotatable bonds is 1. The summed E-state index contributed by atoms with van der Waals surface area (Å²) in [5.74, 6) is 0.0754. The molecule has 1 heterocycles. The molecule has 0 spiro atoms. The van der Waals surface area contributed by atoms with Gasteiger partial charge >= 0.3 is 6.16 Å². The average molecular weight is 140 g/mol. The highest BCUT2D eigenvalue weighted by Gasteiger charge is 2.09. The third kappa shape index (κ3) is 1.62. The molecule has 0 aromatic rings. The molecule has 1 aliphatic rings. The predicted molar refractivity (Wildman–Crippen MR) is 35.3 cm³/mol. The molecule has 1 aliphatic heterocycles. The average Bonchev–Trinajstić information content (AvgIpc) is 2.14. The Labute approximate surface area is 58.9 Å². The summed E-state index contributed by atoms with van der Waals surface area (Å²) in [5.41, 5.74) is 0. The molecular formula is C7H8O3. The van der Waals surface area contributed by atoms with E-state index >= 15 is 0 Å². The first-order valence-electron chi connectivity index (χ1n) is 2.95. The fraction of sp³-hybridized carbons (Fsp3) is 0.286. The molecule has 0 radical (unpaired) electrons. The molecule has 0 saturated heterocycles. The van der Waals surface area contributed by atoms with Crippen molar-refractivity contribution >= 4 is 6.16 Å². The lowest BCUT2D eigenvalue weighted by molar-refractivity contribution is 0.0871. The second kappa shape index (κ2) is 3.06. The lowest BCUT2D eigenvalue weighted by Gasteiger charge is -2.01. The minimum absolute atomic E-state index is 0.0754. The van der Waals surface area contributed by atoms with Crippen LogP contribution in [-0.2, 0) is 9.47 Å². The fourth-order valence-electron chi connectivity index (χ4n) is 0.596. The zero-order valence-corrected chi connectivity index (χ0v) is 5.45. The van der Waals surface area contributed by atoms with Crippen molar-refractivity contribution in [1.82, 2.24) is 0 Å². The Morgan fingerprint density at radius 1 is 1.80 bits per heavy atom. The molecule has 0 aromatic heterocycles. The van der Waals surface area contributed by atoms with Crippen molar-refractivity contribution in [3.63, 3.8) is 0 Å². The zero-order valence-electron chi connectivity index (χ0n) is 5.45. The first-order chi connectivity index (χ1) is 4.83. The van der Waals surface area contributed by atoms with Crippen LogP contribution in [0, 0.1) is 5.92 Å². The van der Waals surface area contributed by atoms with Gasteiger partial charge in [-0.3, -0.25) is 0 Å². The SMILES string of the molecule is C=CC1C=COC(=O)OC1. The van der Waals surface area contributed by atoms with Crippen LogP contribution >= 0.6 is 0 Å². The molecule has 0 fully saturated rings. The van der Waals surface area contributed by atoms with E-state index in [1.807, 2.05) is 0 Å². The number of ether oxygens (including phenoxy) is 2. The molecule has 0 saturated carbocycles. The monoisotopic (exact) mass is 140 g/mol. The maximum Gasteiger partial charge on any atom is 0.513 e. The van der Waals surface area contributed by atoms with Gasteiger partial charge in [-0.2, -0.15) is 0 Å². The van der Waals surface area contributed by atoms with Crippen molar-refractivity contribution in [1.29, 1.82) is 0 Å². The van der Waals surface area contributed by atoms with Gasteiger partial charge in [0.2, 0.25) is 0 Å². The van der Waals surface area contributed by atoms with Gasteiger partial charge in [-0.25, -0.2) is 4.79 Å². The fourth-order valence-corrected chi connectivity index (χ4v) is 0.596. The Morgan fingerprint density at radius 3 is 3.30 bits per heavy atom. The third-order valence-corrected chi connectivity index (χ3v) is 1.19. The van der Waals surface area contributed by atoms with Gasteiger partial charge in [-0.15, -0.1) is 6.58 Å². The lowest BCUT2D eigenvalue weighted by Crippen LogP contribution is -2.06. The van der Waals surface area contributed by atoms with Gasteiger partial charge < -0.3 is 9.47 Å². The van der Waals surface area contributed by atoms with Crippen LogP contribution < -0.4 is 0 Å². The van der Waals surface area contributed by atoms with Gasteiger partial charge in [-0.1, -0.05) is 6.08 Å². The van der Waals surface area contributed by atoms with E-state index in [9.17, 15) is 4.79 Å². The minimum Gasteiger partial charge on any atom is -0.433 e. The summed E-state index contributed by atoms with van der Waals surface area (Å²) in [5, 5.41) is 0. The van der Waals surface area contributed by atoms with Crippen molar-refractivity contribution in [3.05, 3.63) is 25.0 Å². The smallest absolute Gasteiger partial charge is 0.433 e. The molecule has 0 bridgehead atoms. The van der Waals surface area contributed by atoms with Crippen LogP contribution in [0.5, 0.6) is 0 Å². The summed E-state index contributed by atoms with van der Waals surface area (Å²) in [6.45, 7) is 3.87. The Morgan fingerprint density at radius 2 is 2.60 bits per heavy atom. The van der Waals surface area contributed by atoms with Crippen LogP contribution in [0.15, 0.2) is 25.0 Å². The topological polar surface area (TPSA) is 35.5 Å². The van der Waals surface area contributed by atoms with E-state index in [4.69, 9.17) is 0 Å². The molecule has 54 valence electrons. The van der Waals surface area contributed by atoms with Crippen molar-refractivity contribution in [2.45, 2.75) is 0 Å². The van der Waals surface area contributed by atoms with Gasteiger partial charge in [0.1, 0.15) is 6.61 Å². The molecule has 1 unspecified atom stereocenters. The van der Waals surface area contributed by atoms with Crippen molar-refractivity contribution < 1.29 is 14.3 Å². The van der Waals surface area contributed by atoms with Crippen molar-refractivity contribution in [2.24, 2.45) is 5.92 Å². The lowest BCUT2D eigenvalue weighted by atomic mass is 10.2. The molecule has 3 heteroatoms. The van der Waals surface area contributed by atoms with Crippen LogP contribution in [0.25, 0.3) is 0 Å². The molecular weight excluding hydrogens is 132 g/mol. The molecule has 0 aliphatic carbocycles. The quantitative estimate of drug-likeness (QED) is 0.408. The van der Waals surface area contributed by atoms with Crippen LogP contribution in [0.3, 0.4) is 0 Å². The second-order valence-corrected chi connectivity index (χ2v) is 1.91. The highest BCUT2D eigenvalue weighted by Crippen LogP contribution is 2.06. The number of carbonyl (C=O) groups is 1. The summed E-state index contributed by atoms with van der Waals surface area (Å²) in [6, 6.07) is 0. The largest absolute Gasteiger partial charge is 0.513 e. The highest BCUT2D eigenvalue weighted by molar-refractivity contribution is 5.61. The van der Waals surface area contributed by atoms with E-state index in [1.165, 1.54) is 6.26 Å². The molecule has 10 heavy (non-hydrogen) atoms. The highest BCUT2D eigenvalue weighted by atomic mass is 16.7. The van der Waals surface area contributed by atoms with Crippen LogP contribution in [0.1, 0.15) is 0 Å². The normalized spacial score (nSPS) is 24.4. The summed E-state index contributed by atoms with van der Waals surface area (Å²) in [4.78, 5) is 10.4. The van der Waals surface area contributed by atoms with E-state index < -0.39 is 6.16 Å². The van der Waals surface area contributed by atoms with Crippen molar-refractivity contribution in [2.75, 3.05) is 6.61 Å². The van der Waals surface area contributed by atoms with E-state index in [0.29, 0.717) is 6.61 Å².